The second-order valence-electron chi connectivity index (χ2n) is 3.01. The maximum absolute atomic E-state index is 10.5. The van der Waals surface area contributed by atoms with Crippen LogP contribution in [0.5, 0.6) is 0 Å². The zero-order valence-corrected chi connectivity index (χ0v) is 8.97. The van der Waals surface area contributed by atoms with Gasteiger partial charge >= 0.3 is 7.82 Å². The molecule has 0 aromatic rings. The van der Waals surface area contributed by atoms with E-state index >= 15 is 0 Å². The van der Waals surface area contributed by atoms with Gasteiger partial charge in [0.1, 0.15) is 24.6 Å². The number of nitrogens with two attached hydrogens (primary N) is 1. The summed E-state index contributed by atoms with van der Waals surface area (Å²) >= 11 is 0. The molecule has 0 heterocycles. The van der Waals surface area contributed by atoms with Crippen LogP contribution in [0.15, 0.2) is 0 Å². The first kappa shape index (κ1) is 15.6. The molecule has 0 saturated carbocycles. The summed E-state index contributed by atoms with van der Waals surface area (Å²) in [7, 11) is -5.00. The molecule has 0 amide bonds. The van der Waals surface area contributed by atoms with Gasteiger partial charge in [-0.2, -0.15) is 0 Å². The number of aldehydes is 1. The fourth-order valence-corrected chi connectivity index (χ4v) is 1.50. The third kappa shape index (κ3) is 5.10. The Kier molecular flexibility index (Phi) is 6.23. The molecular formula is C6H14NO8P. The maximum atomic E-state index is 10.5. The van der Waals surface area contributed by atoms with Crippen molar-refractivity contribution in [3.05, 3.63) is 0 Å². The monoisotopic (exact) mass is 259 g/mol. The third-order valence-electron chi connectivity index (χ3n) is 1.71. The van der Waals surface area contributed by atoms with Crippen LogP contribution in [0.2, 0.25) is 0 Å². The molecule has 0 saturated heterocycles. The molecule has 0 aliphatic heterocycles. The van der Waals surface area contributed by atoms with Gasteiger partial charge in [0.15, 0.2) is 0 Å². The highest BCUT2D eigenvalue weighted by Gasteiger charge is 2.36. The summed E-state index contributed by atoms with van der Waals surface area (Å²) in [6.45, 7) is -0.923. The molecule has 0 aromatic heterocycles. The van der Waals surface area contributed by atoms with Crippen LogP contribution < -0.4 is 5.73 Å². The van der Waals surface area contributed by atoms with Crippen LogP contribution in [-0.4, -0.2) is 62.4 Å². The lowest BCUT2D eigenvalue weighted by Gasteiger charge is -2.28. The van der Waals surface area contributed by atoms with Crippen LogP contribution in [0, 0.1) is 0 Å². The van der Waals surface area contributed by atoms with Crippen molar-refractivity contribution in [3.63, 3.8) is 0 Å². The fraction of sp³-hybridized carbons (Fsp3) is 0.833. The highest BCUT2D eigenvalue weighted by Crippen LogP contribution is 2.39. The van der Waals surface area contributed by atoms with Gasteiger partial charge in [-0.3, -0.25) is 4.52 Å². The minimum absolute atomic E-state index is 0.116. The molecule has 16 heavy (non-hydrogen) atoms. The van der Waals surface area contributed by atoms with E-state index < -0.39 is 38.8 Å². The number of carbonyl (C=O) groups excluding carboxylic acids is 1. The average Bonchev–Trinajstić information content (AvgIpc) is 2.21. The molecule has 0 aliphatic carbocycles. The first-order valence-corrected chi connectivity index (χ1v) is 5.67. The van der Waals surface area contributed by atoms with Gasteiger partial charge in [-0.1, -0.05) is 0 Å². The molecule has 4 atom stereocenters. The Morgan fingerprint density at radius 3 is 2.19 bits per heavy atom. The van der Waals surface area contributed by atoms with E-state index in [1.807, 2.05) is 0 Å². The zero-order chi connectivity index (χ0) is 12.9. The number of aliphatic hydroxyl groups is 3. The Balaban J connectivity index is 4.79. The molecule has 7 N–H and O–H groups in total. The zero-order valence-electron chi connectivity index (χ0n) is 8.08. The number of carbonyl (C=O) groups is 1. The SMILES string of the molecule is N[C@@H](C=O)[C@@H](O)[C@H](OP(=O)(O)O)[C@H](O)CO. The van der Waals surface area contributed by atoms with E-state index in [9.17, 15) is 14.5 Å². The van der Waals surface area contributed by atoms with E-state index in [1.54, 1.807) is 0 Å². The second-order valence-corrected chi connectivity index (χ2v) is 4.21. The number of hydrogen-bond acceptors (Lipinski definition) is 7. The molecule has 0 unspecified atom stereocenters. The minimum atomic E-state index is -5.00. The summed E-state index contributed by atoms with van der Waals surface area (Å²) in [5.74, 6) is 0. The van der Waals surface area contributed by atoms with Gasteiger partial charge < -0.3 is 35.6 Å². The number of phosphoric ester groups is 1. The molecule has 96 valence electrons. The third-order valence-corrected chi connectivity index (χ3v) is 2.23. The highest BCUT2D eigenvalue weighted by atomic mass is 31.2. The van der Waals surface area contributed by atoms with Crippen LogP contribution in [-0.2, 0) is 13.9 Å². The van der Waals surface area contributed by atoms with Crippen LogP contribution in [0.3, 0.4) is 0 Å². The maximum Gasteiger partial charge on any atom is 0.470 e. The standard InChI is InChI=1S/C6H14NO8P/c7-3(1-8)5(11)6(4(10)2-9)15-16(12,13)14/h1,3-6,9-11H,2,7H2,(H2,12,13,14)/t3-,4+,5+,6+/m0/s1. The molecule has 0 aromatic carbocycles. The van der Waals surface area contributed by atoms with Crippen molar-refractivity contribution in [1.29, 1.82) is 0 Å². The molecule has 9 nitrogen and oxygen atoms in total. The van der Waals surface area contributed by atoms with E-state index in [0.717, 1.165) is 0 Å². The van der Waals surface area contributed by atoms with Crippen LogP contribution in [0.1, 0.15) is 0 Å². The molecule has 0 fully saturated rings. The summed E-state index contributed by atoms with van der Waals surface area (Å²) in [5, 5.41) is 27.1. The van der Waals surface area contributed by atoms with E-state index in [-0.39, 0.29) is 6.29 Å². The number of rotatable bonds is 7. The molecule has 0 rings (SSSR count). The van der Waals surface area contributed by atoms with E-state index in [4.69, 9.17) is 25.7 Å². The lowest BCUT2D eigenvalue weighted by molar-refractivity contribution is -0.117. The van der Waals surface area contributed by atoms with E-state index in [0.29, 0.717) is 0 Å². The van der Waals surface area contributed by atoms with Gasteiger partial charge in [0, 0.05) is 0 Å². The van der Waals surface area contributed by atoms with Crippen molar-refractivity contribution >= 4 is 14.1 Å². The molecule has 0 radical (unpaired) electrons. The lowest BCUT2D eigenvalue weighted by Crippen LogP contribution is -2.50. The Hall–Kier alpha value is -0.380. The van der Waals surface area contributed by atoms with Gasteiger partial charge in [0.25, 0.3) is 0 Å². The summed E-state index contributed by atoms with van der Waals surface area (Å²) in [5.41, 5.74) is 5.08. The van der Waals surface area contributed by atoms with Crippen molar-refractivity contribution in [3.8, 4) is 0 Å². The van der Waals surface area contributed by atoms with Crippen molar-refractivity contribution in [2.75, 3.05) is 6.61 Å². The topological polar surface area (TPSA) is 171 Å². The largest absolute Gasteiger partial charge is 0.470 e. The number of aliphatic hydroxyl groups excluding tert-OH is 3. The van der Waals surface area contributed by atoms with Gasteiger partial charge in [-0.05, 0) is 0 Å². The Morgan fingerprint density at radius 1 is 1.38 bits per heavy atom. The molecule has 0 bridgehead atoms. The predicted molar refractivity (Wildman–Crippen MR) is 50.1 cm³/mol. The van der Waals surface area contributed by atoms with Gasteiger partial charge in [0.05, 0.1) is 12.6 Å². The van der Waals surface area contributed by atoms with Crippen LogP contribution in [0.4, 0.5) is 0 Å². The quantitative estimate of drug-likeness (QED) is 0.202. The Labute approximate surface area is 90.7 Å². The fourth-order valence-electron chi connectivity index (χ4n) is 0.922. The van der Waals surface area contributed by atoms with Crippen molar-refractivity contribution in [2.24, 2.45) is 5.73 Å². The van der Waals surface area contributed by atoms with Gasteiger partial charge in [-0.15, -0.1) is 0 Å². The number of phosphoric acid groups is 1. The molecule has 0 aliphatic rings. The second kappa shape index (κ2) is 6.38. The molecular weight excluding hydrogens is 245 g/mol. The van der Waals surface area contributed by atoms with Gasteiger partial charge in [0.2, 0.25) is 0 Å². The predicted octanol–water partition coefficient (Wildman–Crippen LogP) is -3.30. The Morgan fingerprint density at radius 2 is 1.88 bits per heavy atom. The molecule has 0 spiro atoms. The highest BCUT2D eigenvalue weighted by molar-refractivity contribution is 7.46. The van der Waals surface area contributed by atoms with Crippen LogP contribution in [0.25, 0.3) is 0 Å². The Bertz CT molecular complexity index is 267. The summed E-state index contributed by atoms with van der Waals surface area (Å²) in [6, 6.07) is -1.50. The summed E-state index contributed by atoms with van der Waals surface area (Å²) in [4.78, 5) is 27.2. The summed E-state index contributed by atoms with van der Waals surface area (Å²) in [6.07, 6.45) is -5.39. The smallest absolute Gasteiger partial charge is 0.394 e. The lowest BCUT2D eigenvalue weighted by atomic mass is 10.0. The first-order valence-electron chi connectivity index (χ1n) is 4.14. The van der Waals surface area contributed by atoms with Crippen molar-refractivity contribution in [1.82, 2.24) is 0 Å². The van der Waals surface area contributed by atoms with Crippen molar-refractivity contribution < 1.29 is 39.0 Å². The average molecular weight is 259 g/mol. The van der Waals surface area contributed by atoms with Crippen LogP contribution >= 0.6 is 7.82 Å². The minimum Gasteiger partial charge on any atom is -0.394 e. The van der Waals surface area contributed by atoms with Crippen molar-refractivity contribution in [2.45, 2.75) is 24.4 Å². The summed E-state index contributed by atoms with van der Waals surface area (Å²) < 4.78 is 14.6. The molecule has 10 heteroatoms. The number of hydrogen-bond donors (Lipinski definition) is 6. The first-order chi connectivity index (χ1) is 7.22. The van der Waals surface area contributed by atoms with E-state index in [1.165, 1.54) is 0 Å². The van der Waals surface area contributed by atoms with Gasteiger partial charge in [-0.25, -0.2) is 4.57 Å². The van der Waals surface area contributed by atoms with E-state index in [2.05, 4.69) is 4.52 Å². The normalized spacial score (nSPS) is 19.9.